The molecule has 1 aliphatic heterocycles. The Hall–Kier alpha value is -1.62. The normalized spacial score (nSPS) is 22.8. The number of rotatable bonds is 3. The van der Waals surface area contributed by atoms with Crippen LogP contribution in [0.25, 0.3) is 0 Å². The van der Waals surface area contributed by atoms with E-state index in [0.29, 0.717) is 5.92 Å². The van der Waals surface area contributed by atoms with Crippen molar-refractivity contribution in [2.75, 3.05) is 37.4 Å². The van der Waals surface area contributed by atoms with Crippen LogP contribution in [0, 0.1) is 11.8 Å². The van der Waals surface area contributed by atoms with Crippen LogP contribution in [-0.4, -0.2) is 38.1 Å². The van der Waals surface area contributed by atoms with E-state index >= 15 is 0 Å². The van der Waals surface area contributed by atoms with Crippen LogP contribution in [0.5, 0.6) is 0 Å². The van der Waals surface area contributed by atoms with Gasteiger partial charge in [-0.15, -0.1) is 0 Å². The molecule has 0 aromatic carbocycles. The maximum absolute atomic E-state index is 12.1. The number of aromatic nitrogens is 1. The first-order valence-corrected chi connectivity index (χ1v) is 6.23. The average molecular weight is 248 g/mol. The quantitative estimate of drug-likeness (QED) is 0.836. The molecule has 0 bridgehead atoms. The number of anilines is 2. The minimum Gasteiger partial charge on any atom is -0.363 e. The van der Waals surface area contributed by atoms with Gasteiger partial charge in [0.2, 0.25) is 5.91 Å². The van der Waals surface area contributed by atoms with Crippen molar-refractivity contribution in [2.45, 2.75) is 6.92 Å². The predicted molar refractivity (Wildman–Crippen MR) is 72.7 cm³/mol. The van der Waals surface area contributed by atoms with Gasteiger partial charge in [-0.2, -0.15) is 0 Å². The molecular weight excluding hydrogens is 228 g/mol. The predicted octanol–water partition coefficient (Wildman–Crippen LogP) is 0.942. The molecule has 2 unspecified atom stereocenters. The number of carbonyl (C=O) groups excluding carboxylic acids is 1. The third kappa shape index (κ3) is 2.79. The fourth-order valence-corrected chi connectivity index (χ4v) is 2.12. The van der Waals surface area contributed by atoms with Gasteiger partial charge >= 0.3 is 0 Å². The molecule has 1 saturated heterocycles. The second-order valence-electron chi connectivity index (χ2n) is 5.03. The number of hydrogen-bond donors (Lipinski definition) is 2. The molecule has 0 aliphatic carbocycles. The molecule has 1 aromatic rings. The Labute approximate surface area is 108 Å². The molecule has 1 amide bonds. The van der Waals surface area contributed by atoms with E-state index in [1.165, 1.54) is 0 Å². The highest BCUT2D eigenvalue weighted by atomic mass is 16.1. The number of hydrogen-bond acceptors (Lipinski definition) is 4. The molecule has 1 fully saturated rings. The van der Waals surface area contributed by atoms with Crippen LogP contribution in [-0.2, 0) is 4.79 Å². The monoisotopic (exact) mass is 248 g/mol. The van der Waals surface area contributed by atoms with Crippen LogP contribution in [0.4, 0.5) is 11.5 Å². The molecule has 18 heavy (non-hydrogen) atoms. The van der Waals surface area contributed by atoms with Crippen molar-refractivity contribution in [1.29, 1.82) is 0 Å². The van der Waals surface area contributed by atoms with E-state index in [0.717, 1.165) is 24.6 Å². The molecule has 2 heterocycles. The van der Waals surface area contributed by atoms with Crippen LogP contribution in [0.2, 0.25) is 0 Å². The standard InChI is InChI=1S/C13H20N4O/c1-9-6-14-8-11(9)13(18)16-10-4-5-12(15-7-10)17(2)3/h4-5,7,9,11,14H,6,8H2,1-3H3,(H,16,18). The number of carbonyl (C=O) groups is 1. The molecule has 0 radical (unpaired) electrons. The van der Waals surface area contributed by atoms with E-state index in [4.69, 9.17) is 0 Å². The summed E-state index contributed by atoms with van der Waals surface area (Å²) in [6.45, 7) is 3.77. The highest BCUT2D eigenvalue weighted by Gasteiger charge is 2.29. The van der Waals surface area contributed by atoms with Gasteiger partial charge in [-0.3, -0.25) is 4.79 Å². The Kier molecular flexibility index (Phi) is 3.81. The minimum absolute atomic E-state index is 0.0542. The van der Waals surface area contributed by atoms with Gasteiger partial charge in [0.1, 0.15) is 5.82 Å². The second kappa shape index (κ2) is 5.35. The van der Waals surface area contributed by atoms with Gasteiger partial charge in [0.15, 0.2) is 0 Å². The molecule has 2 atom stereocenters. The Balaban J connectivity index is 1.98. The first-order valence-electron chi connectivity index (χ1n) is 6.23. The summed E-state index contributed by atoms with van der Waals surface area (Å²) in [4.78, 5) is 18.3. The van der Waals surface area contributed by atoms with Crippen molar-refractivity contribution in [3.63, 3.8) is 0 Å². The van der Waals surface area contributed by atoms with E-state index in [1.807, 2.05) is 31.1 Å². The zero-order valence-corrected chi connectivity index (χ0v) is 11.1. The molecule has 5 heteroatoms. The number of nitrogens with zero attached hydrogens (tertiary/aromatic N) is 2. The van der Waals surface area contributed by atoms with Gasteiger partial charge in [-0.05, 0) is 24.6 Å². The average Bonchev–Trinajstić information content (AvgIpc) is 2.76. The molecule has 0 saturated carbocycles. The maximum Gasteiger partial charge on any atom is 0.229 e. The first kappa shape index (κ1) is 12.8. The van der Waals surface area contributed by atoms with Crippen molar-refractivity contribution < 1.29 is 4.79 Å². The van der Waals surface area contributed by atoms with Gasteiger partial charge in [0.25, 0.3) is 0 Å². The van der Waals surface area contributed by atoms with Crippen LogP contribution in [0.3, 0.4) is 0 Å². The molecule has 5 nitrogen and oxygen atoms in total. The van der Waals surface area contributed by atoms with Crippen LogP contribution in [0.15, 0.2) is 18.3 Å². The third-order valence-corrected chi connectivity index (χ3v) is 3.33. The summed E-state index contributed by atoms with van der Waals surface area (Å²) in [6.07, 6.45) is 1.69. The van der Waals surface area contributed by atoms with E-state index in [-0.39, 0.29) is 11.8 Å². The van der Waals surface area contributed by atoms with Gasteiger partial charge in [-0.1, -0.05) is 6.92 Å². The lowest BCUT2D eigenvalue weighted by Gasteiger charge is -2.15. The highest BCUT2D eigenvalue weighted by molar-refractivity contribution is 5.93. The zero-order chi connectivity index (χ0) is 13.1. The summed E-state index contributed by atoms with van der Waals surface area (Å²) in [7, 11) is 3.87. The lowest BCUT2D eigenvalue weighted by molar-refractivity contribution is -0.120. The Morgan fingerprint density at radius 3 is 2.72 bits per heavy atom. The second-order valence-corrected chi connectivity index (χ2v) is 5.03. The smallest absolute Gasteiger partial charge is 0.229 e. The number of pyridine rings is 1. The largest absolute Gasteiger partial charge is 0.363 e. The van der Waals surface area contributed by atoms with Crippen molar-refractivity contribution in [3.8, 4) is 0 Å². The van der Waals surface area contributed by atoms with Crippen LogP contribution in [0.1, 0.15) is 6.92 Å². The number of amides is 1. The van der Waals surface area contributed by atoms with Gasteiger partial charge in [-0.25, -0.2) is 4.98 Å². The Morgan fingerprint density at radius 2 is 2.22 bits per heavy atom. The molecule has 1 aromatic heterocycles. The fraction of sp³-hybridized carbons (Fsp3) is 0.538. The summed E-state index contributed by atoms with van der Waals surface area (Å²) < 4.78 is 0. The first-order chi connectivity index (χ1) is 8.58. The lowest BCUT2D eigenvalue weighted by Crippen LogP contribution is -2.27. The summed E-state index contributed by atoms with van der Waals surface area (Å²) >= 11 is 0. The highest BCUT2D eigenvalue weighted by Crippen LogP contribution is 2.19. The molecule has 2 rings (SSSR count). The zero-order valence-electron chi connectivity index (χ0n) is 11.1. The topological polar surface area (TPSA) is 57.3 Å². The molecular formula is C13H20N4O. The molecule has 2 N–H and O–H groups in total. The van der Waals surface area contributed by atoms with Crippen molar-refractivity contribution in [3.05, 3.63) is 18.3 Å². The van der Waals surface area contributed by atoms with Crippen molar-refractivity contribution in [1.82, 2.24) is 10.3 Å². The third-order valence-electron chi connectivity index (χ3n) is 3.33. The molecule has 98 valence electrons. The summed E-state index contributed by atoms with van der Waals surface area (Å²) in [5.41, 5.74) is 0.754. The van der Waals surface area contributed by atoms with Crippen LogP contribution >= 0.6 is 0 Å². The lowest BCUT2D eigenvalue weighted by atomic mass is 9.97. The molecule has 0 spiro atoms. The Bertz CT molecular complexity index is 416. The fourth-order valence-electron chi connectivity index (χ4n) is 2.12. The van der Waals surface area contributed by atoms with Crippen LogP contribution < -0.4 is 15.5 Å². The summed E-state index contributed by atoms with van der Waals surface area (Å²) in [6, 6.07) is 3.78. The minimum atomic E-state index is 0.0542. The van der Waals surface area contributed by atoms with E-state index in [2.05, 4.69) is 22.5 Å². The maximum atomic E-state index is 12.1. The Morgan fingerprint density at radius 1 is 1.44 bits per heavy atom. The van der Waals surface area contributed by atoms with Crippen molar-refractivity contribution >= 4 is 17.4 Å². The van der Waals surface area contributed by atoms with E-state index in [1.54, 1.807) is 6.20 Å². The number of nitrogens with one attached hydrogen (secondary N) is 2. The summed E-state index contributed by atoms with van der Waals surface area (Å²) in [5.74, 6) is 1.40. The van der Waals surface area contributed by atoms with Gasteiger partial charge in [0, 0.05) is 20.6 Å². The van der Waals surface area contributed by atoms with E-state index in [9.17, 15) is 4.79 Å². The van der Waals surface area contributed by atoms with Gasteiger partial charge in [0.05, 0.1) is 17.8 Å². The van der Waals surface area contributed by atoms with Crippen molar-refractivity contribution in [2.24, 2.45) is 11.8 Å². The van der Waals surface area contributed by atoms with Gasteiger partial charge < -0.3 is 15.5 Å². The molecule has 1 aliphatic rings. The summed E-state index contributed by atoms with van der Waals surface area (Å²) in [5, 5.41) is 6.15. The SMILES string of the molecule is CC1CNCC1C(=O)Nc1ccc(N(C)C)nc1. The van der Waals surface area contributed by atoms with E-state index < -0.39 is 0 Å².